The summed E-state index contributed by atoms with van der Waals surface area (Å²) in [4.78, 5) is 0. The first-order valence-electron chi connectivity index (χ1n) is 3.50. The van der Waals surface area contributed by atoms with E-state index in [-0.39, 0.29) is 5.60 Å². The van der Waals surface area contributed by atoms with Crippen LogP contribution in [0.2, 0.25) is 0 Å². The molecule has 60 valence electrons. The third-order valence-electron chi connectivity index (χ3n) is 1.19. The van der Waals surface area contributed by atoms with Crippen LogP contribution in [0.15, 0.2) is 0 Å². The zero-order chi connectivity index (χ0) is 7.45. The molecule has 2 saturated heterocycles. The number of hydrogen-bond donors (Lipinski definition) is 0. The largest absolute Gasteiger partial charge is 0.396 e. The molecule has 10 heavy (non-hydrogen) atoms. The number of hydrogen-bond acceptors (Lipinski definition) is 3. The van der Waals surface area contributed by atoms with Crippen LogP contribution in [0.5, 0.6) is 0 Å². The summed E-state index contributed by atoms with van der Waals surface area (Å²) in [5.41, 5.74) is 0.0340. The first kappa shape index (κ1) is 8.20. The van der Waals surface area contributed by atoms with Crippen LogP contribution in [-0.2, 0) is 13.6 Å². The lowest BCUT2D eigenvalue weighted by Gasteiger charge is -2.12. The van der Waals surface area contributed by atoms with Crippen molar-refractivity contribution in [2.75, 3.05) is 19.8 Å². The van der Waals surface area contributed by atoms with Gasteiger partial charge in [-0.05, 0) is 13.8 Å². The fourth-order valence-electron chi connectivity index (χ4n) is 0.530. The molecule has 4 heteroatoms. The van der Waals surface area contributed by atoms with E-state index in [1.54, 1.807) is 0 Å². The van der Waals surface area contributed by atoms with Crippen LogP contribution >= 0.6 is 0 Å². The molecule has 0 spiro atoms. The molecule has 0 aromatic heterocycles. The van der Waals surface area contributed by atoms with Gasteiger partial charge in [0.1, 0.15) is 0 Å². The average Bonchev–Trinajstić information content (AvgIpc) is 2.64. The highest BCUT2D eigenvalue weighted by atomic mass is 28.3. The van der Waals surface area contributed by atoms with Gasteiger partial charge in [-0.15, -0.1) is 0 Å². The Hall–Kier alpha value is 0.0969. The van der Waals surface area contributed by atoms with Crippen LogP contribution in [0.4, 0.5) is 0 Å². The molecule has 2 fully saturated rings. The summed E-state index contributed by atoms with van der Waals surface area (Å²) in [7, 11) is -0.561. The van der Waals surface area contributed by atoms with E-state index >= 15 is 0 Å². The third-order valence-corrected chi connectivity index (χ3v) is 2.46. The second-order valence-electron chi connectivity index (χ2n) is 2.98. The Bertz CT molecular complexity index is 92.4. The van der Waals surface area contributed by atoms with Gasteiger partial charge < -0.3 is 13.6 Å². The molecule has 3 nitrogen and oxygen atoms in total. The van der Waals surface area contributed by atoms with Gasteiger partial charge in [-0.25, -0.2) is 0 Å². The normalized spacial score (nSPS) is 29.4. The smallest absolute Gasteiger partial charge is 0.305 e. The predicted molar refractivity (Wildman–Crippen MR) is 40.5 cm³/mol. The second kappa shape index (κ2) is 3.48. The quantitative estimate of drug-likeness (QED) is 0.366. The summed E-state index contributed by atoms with van der Waals surface area (Å²) in [5, 5.41) is 0. The molecule has 2 heterocycles. The van der Waals surface area contributed by atoms with E-state index in [2.05, 4.69) is 4.74 Å². The Labute approximate surface area is 63.7 Å². The van der Waals surface area contributed by atoms with Gasteiger partial charge in [-0.2, -0.15) is 0 Å². The van der Waals surface area contributed by atoms with Gasteiger partial charge in [-0.3, -0.25) is 0 Å². The van der Waals surface area contributed by atoms with E-state index in [4.69, 9.17) is 8.85 Å². The van der Waals surface area contributed by atoms with Crippen molar-refractivity contribution in [1.29, 1.82) is 0 Å². The van der Waals surface area contributed by atoms with Gasteiger partial charge in [-0.1, -0.05) is 0 Å². The molecule has 2 rings (SSSR count). The van der Waals surface area contributed by atoms with Gasteiger partial charge in [0.25, 0.3) is 0 Å². The van der Waals surface area contributed by atoms with E-state index in [1.165, 1.54) is 0 Å². The zero-order valence-corrected chi connectivity index (χ0v) is 7.97. The fraction of sp³-hybridized carbons (Fsp3) is 1.00. The lowest BCUT2D eigenvalue weighted by Crippen LogP contribution is -2.21. The highest BCUT2D eigenvalue weighted by molar-refractivity contribution is 6.19. The van der Waals surface area contributed by atoms with Gasteiger partial charge in [0.05, 0.1) is 25.4 Å². The topological polar surface area (TPSA) is 31.0 Å². The standard InChI is InChI=1S/C4H10O2Si.C2H4O/c1-4(2)3-5-7-6-4;1-2-3-1/h3,7H2,1-2H3;1-2H2. The predicted octanol–water partition coefficient (Wildman–Crippen LogP) is -0.173. The van der Waals surface area contributed by atoms with E-state index in [0.29, 0.717) is 0 Å². The Morgan fingerprint density at radius 2 is 1.90 bits per heavy atom. The van der Waals surface area contributed by atoms with Crippen molar-refractivity contribution in [3.63, 3.8) is 0 Å². The SMILES string of the molecule is C1CO1.CC1(C)CO[SiH2]O1. The average molecular weight is 162 g/mol. The summed E-state index contributed by atoms with van der Waals surface area (Å²) in [5.74, 6) is 0. The summed E-state index contributed by atoms with van der Waals surface area (Å²) in [6, 6.07) is 0. The van der Waals surface area contributed by atoms with Crippen molar-refractivity contribution in [1.82, 2.24) is 0 Å². The van der Waals surface area contributed by atoms with Crippen molar-refractivity contribution in [2.45, 2.75) is 19.4 Å². The van der Waals surface area contributed by atoms with E-state index in [1.807, 2.05) is 13.8 Å². The lowest BCUT2D eigenvalue weighted by molar-refractivity contribution is 0.139. The monoisotopic (exact) mass is 162 g/mol. The first-order valence-corrected chi connectivity index (χ1v) is 4.66. The van der Waals surface area contributed by atoms with Crippen LogP contribution in [0.1, 0.15) is 13.8 Å². The van der Waals surface area contributed by atoms with Gasteiger partial charge in [0.15, 0.2) is 0 Å². The summed E-state index contributed by atoms with van der Waals surface area (Å²) in [6.07, 6.45) is 0. The summed E-state index contributed by atoms with van der Waals surface area (Å²) < 4.78 is 14.8. The number of epoxide rings is 1. The van der Waals surface area contributed by atoms with E-state index < -0.39 is 10.0 Å². The van der Waals surface area contributed by atoms with E-state index in [0.717, 1.165) is 19.8 Å². The second-order valence-corrected chi connectivity index (χ2v) is 3.92. The first-order chi connectivity index (χ1) is 4.71. The minimum absolute atomic E-state index is 0.0340. The van der Waals surface area contributed by atoms with Crippen molar-refractivity contribution < 1.29 is 13.6 Å². The Balaban J connectivity index is 0.000000138. The molecule has 0 bridgehead atoms. The minimum atomic E-state index is -0.561. The van der Waals surface area contributed by atoms with Crippen molar-refractivity contribution in [2.24, 2.45) is 0 Å². The Morgan fingerprint density at radius 1 is 1.30 bits per heavy atom. The van der Waals surface area contributed by atoms with Gasteiger partial charge in [0, 0.05) is 0 Å². The molecule has 0 radical (unpaired) electrons. The number of rotatable bonds is 0. The molecule has 0 saturated carbocycles. The maximum Gasteiger partial charge on any atom is 0.305 e. The Kier molecular flexibility index (Phi) is 2.85. The fourth-order valence-corrected chi connectivity index (χ4v) is 1.59. The molecule has 0 aromatic rings. The summed E-state index contributed by atoms with van der Waals surface area (Å²) in [6.45, 7) is 6.89. The van der Waals surface area contributed by atoms with Crippen LogP contribution in [0.3, 0.4) is 0 Å². The lowest BCUT2D eigenvalue weighted by atomic mass is 10.2. The highest BCUT2D eigenvalue weighted by Gasteiger charge is 2.23. The van der Waals surface area contributed by atoms with Crippen LogP contribution < -0.4 is 0 Å². The Morgan fingerprint density at radius 3 is 2.00 bits per heavy atom. The molecule has 2 aliphatic heterocycles. The molecule has 0 amide bonds. The molecule has 0 aromatic carbocycles. The maximum atomic E-state index is 5.26. The minimum Gasteiger partial charge on any atom is -0.396 e. The van der Waals surface area contributed by atoms with Gasteiger partial charge in [0.2, 0.25) is 0 Å². The molecule has 0 aliphatic carbocycles. The molecule has 0 N–H and O–H groups in total. The van der Waals surface area contributed by atoms with Crippen molar-refractivity contribution in [3.05, 3.63) is 0 Å². The molecule has 0 atom stereocenters. The highest BCUT2D eigenvalue weighted by Crippen LogP contribution is 2.13. The maximum absolute atomic E-state index is 5.26. The van der Waals surface area contributed by atoms with Crippen molar-refractivity contribution >= 4 is 10.0 Å². The van der Waals surface area contributed by atoms with Crippen LogP contribution in [0, 0.1) is 0 Å². The summed E-state index contributed by atoms with van der Waals surface area (Å²) >= 11 is 0. The third kappa shape index (κ3) is 4.00. The van der Waals surface area contributed by atoms with E-state index in [9.17, 15) is 0 Å². The molecular weight excluding hydrogens is 148 g/mol. The molecule has 0 unspecified atom stereocenters. The molecular formula is C6H14O3Si. The van der Waals surface area contributed by atoms with Crippen LogP contribution in [-0.4, -0.2) is 35.4 Å². The van der Waals surface area contributed by atoms with Gasteiger partial charge >= 0.3 is 10.0 Å². The van der Waals surface area contributed by atoms with Crippen LogP contribution in [0.25, 0.3) is 0 Å². The zero-order valence-electron chi connectivity index (χ0n) is 6.55. The number of ether oxygens (including phenoxy) is 1. The van der Waals surface area contributed by atoms with Crippen molar-refractivity contribution in [3.8, 4) is 0 Å². The molecule has 2 aliphatic rings.